The Labute approximate surface area is 259 Å². The summed E-state index contributed by atoms with van der Waals surface area (Å²) in [4.78, 5) is 0. The normalized spacial score (nSPS) is 11.2. The first-order valence-electron chi connectivity index (χ1n) is 14.4. The Morgan fingerprint density at radius 2 is 0.976 bits per heavy atom. The first-order chi connectivity index (χ1) is 20.2. The van der Waals surface area contributed by atoms with Crippen LogP contribution in [0, 0.1) is 22.3 Å². The van der Waals surface area contributed by atoms with Crippen molar-refractivity contribution in [2.75, 3.05) is 11.5 Å². The molecule has 0 fully saturated rings. The first kappa shape index (κ1) is 28.1. The Morgan fingerprint density at radius 1 is 0.537 bits per heavy atom. The van der Waals surface area contributed by atoms with Gasteiger partial charge in [0.25, 0.3) is 0 Å². The lowest BCUT2D eigenvalue weighted by molar-refractivity contribution is 0.898. The Morgan fingerprint density at radius 3 is 1.46 bits per heavy atom. The highest BCUT2D eigenvalue weighted by Gasteiger charge is 2.15. The molecule has 202 valence electrons. The van der Waals surface area contributed by atoms with Crippen LogP contribution in [0.3, 0.4) is 0 Å². The van der Waals surface area contributed by atoms with Crippen molar-refractivity contribution >= 4 is 93.3 Å². The zero-order valence-corrected chi connectivity index (χ0v) is 26.7. The number of hydrogen-bond acceptors (Lipinski definition) is 2. The predicted molar refractivity (Wildman–Crippen MR) is 190 cm³/mol. The van der Waals surface area contributed by atoms with Crippen molar-refractivity contribution in [3.8, 4) is 22.3 Å². The van der Waals surface area contributed by atoms with Gasteiger partial charge in [-0.05, 0) is 126 Å². The summed E-state index contributed by atoms with van der Waals surface area (Å²) in [5.41, 5.74) is 2.20. The molecule has 0 radical (unpaired) electrons. The van der Waals surface area contributed by atoms with Gasteiger partial charge in [-0.1, -0.05) is 108 Å². The minimum atomic E-state index is 1.06. The minimum Gasteiger partial charge on any atom is -0.0747 e. The molecule has 0 aromatic heterocycles. The zero-order valence-electron chi connectivity index (χ0n) is 23.4. The van der Waals surface area contributed by atoms with Crippen molar-refractivity contribution in [2.24, 2.45) is 0 Å². The molecule has 0 amide bonds. The second-order valence-electron chi connectivity index (χ2n) is 10.4. The molecule has 0 unspecified atom stereocenters. The van der Waals surface area contributed by atoms with Crippen LogP contribution in [-0.2, 0) is 0 Å². The van der Waals surface area contributed by atoms with Gasteiger partial charge in [-0.2, -0.15) is 0 Å². The molecule has 41 heavy (non-hydrogen) atoms. The Balaban J connectivity index is 1.70. The van der Waals surface area contributed by atoms with Gasteiger partial charge in [0.1, 0.15) is 0 Å². The van der Waals surface area contributed by atoms with Crippen molar-refractivity contribution in [1.29, 1.82) is 0 Å². The Bertz CT molecular complexity index is 2050. The van der Waals surface area contributed by atoms with Crippen LogP contribution in [0.4, 0.5) is 0 Å². The van der Waals surface area contributed by atoms with Crippen LogP contribution in [0.25, 0.3) is 53.9 Å². The second kappa shape index (κ2) is 12.8. The number of rotatable bonds is 6. The van der Waals surface area contributed by atoms with E-state index >= 15 is 0 Å². The van der Waals surface area contributed by atoms with Gasteiger partial charge in [0.2, 0.25) is 0 Å². The first-order valence-corrected chi connectivity index (χ1v) is 17.1. The predicted octanol–water partition coefficient (Wildman–Crippen LogP) is 11.9. The Kier molecular flexibility index (Phi) is 8.78. The number of benzene rings is 6. The van der Waals surface area contributed by atoms with Gasteiger partial charge in [0, 0.05) is 27.1 Å². The second-order valence-corrected chi connectivity index (χ2v) is 13.2. The van der Waals surface area contributed by atoms with Gasteiger partial charge in [0.15, 0.2) is 0 Å². The summed E-state index contributed by atoms with van der Waals surface area (Å²) in [6, 6.07) is 29.1. The fourth-order valence-electron chi connectivity index (χ4n) is 5.36. The molecular weight excluding hydrogens is 600 g/mol. The van der Waals surface area contributed by atoms with Crippen molar-refractivity contribution in [3.05, 3.63) is 94.5 Å². The summed E-state index contributed by atoms with van der Waals surface area (Å²) in [7, 11) is 0. The number of hydrogen-bond donors (Lipinski definition) is 0. The summed E-state index contributed by atoms with van der Waals surface area (Å²) in [5, 5.41) is 19.0. The van der Waals surface area contributed by atoms with Crippen LogP contribution in [-0.4, -0.2) is 11.5 Å². The van der Waals surface area contributed by atoms with E-state index in [9.17, 15) is 0 Å². The van der Waals surface area contributed by atoms with Crippen molar-refractivity contribution in [2.45, 2.75) is 39.5 Å². The standard InChI is InChI=1S/C38H31BrS2/c1-3-5-15-40-17-13-33-35-22-28-11-12-32(39)21-31(28)25-38(35)34(14-18-41-16-6-4-2)37-24-30-20-27-10-8-7-9-26(27)19-29(30)23-36(33)37/h7-12,19-25H,3-6,15-16H2,1-2H3. The summed E-state index contributed by atoms with van der Waals surface area (Å²) in [5.74, 6) is 9.38. The summed E-state index contributed by atoms with van der Waals surface area (Å²) in [6.45, 7) is 4.46. The average molecular weight is 632 g/mol. The molecule has 0 aliphatic heterocycles. The van der Waals surface area contributed by atoms with E-state index in [0.29, 0.717) is 0 Å². The topological polar surface area (TPSA) is 0 Å². The van der Waals surface area contributed by atoms with E-state index in [1.54, 1.807) is 23.5 Å². The van der Waals surface area contributed by atoms with Crippen LogP contribution in [0.2, 0.25) is 0 Å². The van der Waals surface area contributed by atoms with Crippen LogP contribution >= 0.6 is 39.5 Å². The highest BCUT2D eigenvalue weighted by atomic mass is 79.9. The molecule has 0 nitrogen and oxygen atoms in total. The quantitative estimate of drug-likeness (QED) is 0.102. The lowest BCUT2D eigenvalue weighted by atomic mass is 9.88. The molecule has 0 aliphatic carbocycles. The SMILES string of the molecule is CCCCSC#Cc1c2cc3ccc(Br)cc3cc2c(C#CSCCCC)c2cc3cc4ccccc4cc3cc12. The molecule has 0 atom stereocenters. The third-order valence-electron chi connectivity index (χ3n) is 7.55. The Hall–Kier alpha value is -3.08. The highest BCUT2D eigenvalue weighted by molar-refractivity contribution is 9.10. The molecule has 0 spiro atoms. The third kappa shape index (κ3) is 5.96. The lowest BCUT2D eigenvalue weighted by Crippen LogP contribution is -1.92. The van der Waals surface area contributed by atoms with E-state index in [4.69, 9.17) is 0 Å². The zero-order chi connectivity index (χ0) is 28.2. The fourth-order valence-corrected chi connectivity index (χ4v) is 7.15. The summed E-state index contributed by atoms with van der Waals surface area (Å²) < 4.78 is 1.08. The van der Waals surface area contributed by atoms with E-state index in [1.807, 2.05) is 0 Å². The van der Waals surface area contributed by atoms with Crippen LogP contribution in [0.1, 0.15) is 50.7 Å². The largest absolute Gasteiger partial charge is 0.0747 e. The number of thioether (sulfide) groups is 2. The molecular formula is C38H31BrS2. The van der Waals surface area contributed by atoms with Gasteiger partial charge in [0.05, 0.1) is 0 Å². The summed E-state index contributed by atoms with van der Waals surface area (Å²) in [6.07, 6.45) is 4.74. The molecule has 0 saturated heterocycles. The van der Waals surface area contributed by atoms with E-state index in [1.165, 1.54) is 79.5 Å². The third-order valence-corrected chi connectivity index (χ3v) is 9.53. The molecule has 0 bridgehead atoms. The minimum absolute atomic E-state index is 1.06. The molecule has 6 rings (SSSR count). The maximum atomic E-state index is 3.68. The number of halogens is 1. The van der Waals surface area contributed by atoms with Crippen molar-refractivity contribution < 1.29 is 0 Å². The fraction of sp³-hybridized carbons (Fsp3) is 0.211. The molecule has 0 N–H and O–H groups in total. The van der Waals surface area contributed by atoms with Crippen LogP contribution in [0.5, 0.6) is 0 Å². The van der Waals surface area contributed by atoms with Gasteiger partial charge in [-0.3, -0.25) is 0 Å². The maximum Gasteiger partial charge on any atom is 0.0412 e. The van der Waals surface area contributed by atoms with E-state index in [2.05, 4.69) is 131 Å². The molecule has 3 heteroatoms. The molecule has 0 heterocycles. The van der Waals surface area contributed by atoms with E-state index < -0.39 is 0 Å². The number of fused-ring (bicyclic) bond motifs is 5. The monoisotopic (exact) mass is 630 g/mol. The molecule has 6 aromatic carbocycles. The van der Waals surface area contributed by atoms with E-state index in [-0.39, 0.29) is 0 Å². The van der Waals surface area contributed by atoms with Gasteiger partial charge < -0.3 is 0 Å². The van der Waals surface area contributed by atoms with Crippen LogP contribution in [0.15, 0.2) is 83.3 Å². The smallest absolute Gasteiger partial charge is 0.0412 e. The maximum absolute atomic E-state index is 3.68. The molecule has 0 saturated carbocycles. The highest BCUT2D eigenvalue weighted by Crippen LogP contribution is 2.38. The van der Waals surface area contributed by atoms with Gasteiger partial charge >= 0.3 is 0 Å². The number of unbranched alkanes of at least 4 members (excludes halogenated alkanes) is 2. The average Bonchev–Trinajstić information content (AvgIpc) is 2.98. The van der Waals surface area contributed by atoms with Gasteiger partial charge in [-0.15, -0.1) is 0 Å². The molecule has 6 aromatic rings. The molecule has 0 aliphatic rings. The lowest BCUT2D eigenvalue weighted by Gasteiger charge is -2.14. The summed E-state index contributed by atoms with van der Waals surface area (Å²) >= 11 is 7.14. The van der Waals surface area contributed by atoms with Gasteiger partial charge in [-0.25, -0.2) is 0 Å². The van der Waals surface area contributed by atoms with Crippen molar-refractivity contribution in [1.82, 2.24) is 0 Å². The van der Waals surface area contributed by atoms with Crippen molar-refractivity contribution in [3.63, 3.8) is 0 Å². The van der Waals surface area contributed by atoms with Crippen LogP contribution < -0.4 is 0 Å². The van der Waals surface area contributed by atoms with E-state index in [0.717, 1.165) is 27.1 Å².